The maximum Gasteiger partial charge on any atom is 0.399 e. The highest BCUT2D eigenvalue weighted by Gasteiger charge is 2.65. The molecule has 2 rings (SSSR count). The van der Waals surface area contributed by atoms with Gasteiger partial charge in [0.05, 0.1) is 0 Å². The molecule has 14 heavy (non-hydrogen) atoms. The first kappa shape index (κ1) is 9.57. The third kappa shape index (κ3) is 1.41. The van der Waals surface area contributed by atoms with Crippen LogP contribution in [0.25, 0.3) is 0 Å². The average molecular weight is 206 g/mol. The fraction of sp³-hybridized carbons (Fsp3) is 0.273. The highest BCUT2D eigenvalue weighted by atomic mass is 31.1. The molecule has 1 saturated carbocycles. The van der Waals surface area contributed by atoms with Gasteiger partial charge >= 0.3 is 7.80 Å². The second-order valence-electron chi connectivity index (χ2n) is 3.67. The molecule has 0 bridgehead atoms. The normalized spacial score (nSPS) is 30.9. The predicted molar refractivity (Wildman–Crippen MR) is 58.9 cm³/mol. The smallest absolute Gasteiger partial charge is 0.284 e. The molecule has 1 aromatic rings. The Hall–Kier alpha value is -0.980. The van der Waals surface area contributed by atoms with E-state index in [4.69, 9.17) is 5.73 Å². The lowest BCUT2D eigenvalue weighted by Crippen LogP contribution is -2.23. The quantitative estimate of drug-likeness (QED) is 0.607. The summed E-state index contributed by atoms with van der Waals surface area (Å²) in [4.78, 5) is 0. The van der Waals surface area contributed by atoms with Crippen LogP contribution in [0.3, 0.4) is 0 Å². The standard InChI is InChI=1S/C11H13NOP/c1-2-9-8-11(9,12)14(13)10-6-4-3-5-7-10/h2-7,9H,1,8,12H2/q+1/t9-,11+/m1/s1. The van der Waals surface area contributed by atoms with Gasteiger partial charge < -0.3 is 0 Å². The summed E-state index contributed by atoms with van der Waals surface area (Å²) in [6.45, 7) is 3.69. The highest BCUT2D eigenvalue weighted by Crippen LogP contribution is 2.57. The van der Waals surface area contributed by atoms with Crippen LogP contribution in [-0.4, -0.2) is 5.28 Å². The van der Waals surface area contributed by atoms with E-state index in [-0.39, 0.29) is 5.92 Å². The molecule has 0 radical (unpaired) electrons. The second-order valence-corrected chi connectivity index (χ2v) is 5.61. The summed E-state index contributed by atoms with van der Waals surface area (Å²) in [7, 11) is -1.49. The molecular formula is C11H13NOP+. The molecule has 3 atom stereocenters. The molecule has 0 aliphatic heterocycles. The predicted octanol–water partition coefficient (Wildman–Crippen LogP) is 2.00. The van der Waals surface area contributed by atoms with E-state index in [0.717, 1.165) is 11.7 Å². The van der Waals surface area contributed by atoms with E-state index in [2.05, 4.69) is 6.58 Å². The Morgan fingerprint density at radius 1 is 1.50 bits per heavy atom. The van der Waals surface area contributed by atoms with Gasteiger partial charge in [0.1, 0.15) is 0 Å². The van der Waals surface area contributed by atoms with E-state index < -0.39 is 13.1 Å². The Morgan fingerprint density at radius 3 is 2.64 bits per heavy atom. The summed E-state index contributed by atoms with van der Waals surface area (Å²) in [5, 5.41) is 0.313. The van der Waals surface area contributed by atoms with Gasteiger partial charge in [-0.1, -0.05) is 28.8 Å². The molecule has 1 fully saturated rings. The van der Waals surface area contributed by atoms with Crippen molar-refractivity contribution in [1.82, 2.24) is 0 Å². The molecule has 1 aliphatic carbocycles. The van der Waals surface area contributed by atoms with Gasteiger partial charge in [-0.15, -0.1) is 6.58 Å². The molecular weight excluding hydrogens is 193 g/mol. The minimum atomic E-state index is -1.49. The van der Waals surface area contributed by atoms with Crippen molar-refractivity contribution in [1.29, 1.82) is 0 Å². The van der Waals surface area contributed by atoms with Gasteiger partial charge in [0.25, 0.3) is 0 Å². The number of hydrogen-bond acceptors (Lipinski definition) is 2. The minimum Gasteiger partial charge on any atom is -0.284 e. The Morgan fingerprint density at radius 2 is 2.14 bits per heavy atom. The molecule has 2 N–H and O–H groups in total. The van der Waals surface area contributed by atoms with Crippen molar-refractivity contribution in [3.63, 3.8) is 0 Å². The molecule has 0 aromatic heterocycles. The summed E-state index contributed by atoms with van der Waals surface area (Å²) in [5.41, 5.74) is 6.02. The van der Waals surface area contributed by atoms with Gasteiger partial charge in [0, 0.05) is 12.3 Å². The molecule has 0 amide bonds. The lowest BCUT2D eigenvalue weighted by molar-refractivity contribution is 0.581. The van der Waals surface area contributed by atoms with Crippen molar-refractivity contribution in [3.8, 4) is 0 Å². The number of rotatable bonds is 3. The van der Waals surface area contributed by atoms with Crippen LogP contribution in [-0.2, 0) is 4.57 Å². The van der Waals surface area contributed by atoms with Gasteiger partial charge in [0.15, 0.2) is 5.30 Å². The van der Waals surface area contributed by atoms with Gasteiger partial charge in [-0.25, -0.2) is 0 Å². The maximum absolute atomic E-state index is 12.1. The van der Waals surface area contributed by atoms with Crippen molar-refractivity contribution in [3.05, 3.63) is 43.0 Å². The Kier molecular flexibility index (Phi) is 2.26. The van der Waals surface area contributed by atoms with Crippen molar-refractivity contribution in [2.75, 3.05) is 0 Å². The summed E-state index contributed by atoms with van der Waals surface area (Å²) < 4.78 is 12.1. The van der Waals surface area contributed by atoms with Crippen molar-refractivity contribution in [2.24, 2.45) is 11.7 Å². The van der Waals surface area contributed by atoms with Crippen molar-refractivity contribution >= 4 is 13.1 Å². The molecule has 1 unspecified atom stereocenters. The molecule has 2 nitrogen and oxygen atoms in total. The summed E-state index contributed by atoms with van der Waals surface area (Å²) in [6.07, 6.45) is 2.59. The first-order valence-electron chi connectivity index (χ1n) is 4.62. The molecule has 0 heterocycles. The van der Waals surface area contributed by atoms with Crippen LogP contribution in [0.4, 0.5) is 0 Å². The molecule has 0 spiro atoms. The third-order valence-electron chi connectivity index (χ3n) is 2.68. The van der Waals surface area contributed by atoms with Crippen molar-refractivity contribution in [2.45, 2.75) is 11.7 Å². The Bertz CT molecular complexity index is 376. The molecule has 1 aliphatic rings. The van der Waals surface area contributed by atoms with Gasteiger partial charge in [-0.2, -0.15) is 0 Å². The first-order chi connectivity index (χ1) is 6.68. The van der Waals surface area contributed by atoms with Gasteiger partial charge in [-0.05, 0) is 12.1 Å². The molecule has 0 saturated heterocycles. The summed E-state index contributed by atoms with van der Waals surface area (Å²) in [5.74, 6) is 0.214. The van der Waals surface area contributed by atoms with Crippen LogP contribution in [0.15, 0.2) is 43.0 Å². The van der Waals surface area contributed by atoms with Crippen LogP contribution < -0.4 is 11.0 Å². The monoisotopic (exact) mass is 206 g/mol. The SMILES string of the molecule is C=C[C@@H]1C[C@]1(N)[P+](=O)c1ccccc1. The number of nitrogens with two attached hydrogens (primary N) is 1. The van der Waals surface area contributed by atoms with E-state index in [9.17, 15) is 4.57 Å². The fourth-order valence-electron chi connectivity index (χ4n) is 1.62. The fourth-order valence-corrected chi connectivity index (χ4v) is 3.31. The Balaban J connectivity index is 2.23. The lowest BCUT2D eigenvalue weighted by atomic mass is 10.4. The minimum absolute atomic E-state index is 0.214. The summed E-state index contributed by atoms with van der Waals surface area (Å²) in [6, 6.07) is 9.42. The molecule has 72 valence electrons. The largest absolute Gasteiger partial charge is 0.399 e. The number of benzene rings is 1. The zero-order valence-corrected chi connectivity index (χ0v) is 8.78. The van der Waals surface area contributed by atoms with Crippen LogP contribution in [0.2, 0.25) is 0 Å². The van der Waals surface area contributed by atoms with Crippen LogP contribution >= 0.6 is 7.80 Å². The van der Waals surface area contributed by atoms with Crippen LogP contribution in [0, 0.1) is 5.92 Å². The van der Waals surface area contributed by atoms with Crippen molar-refractivity contribution < 1.29 is 4.57 Å². The topological polar surface area (TPSA) is 43.1 Å². The lowest BCUT2D eigenvalue weighted by Gasteiger charge is -1.96. The van der Waals surface area contributed by atoms with Crippen LogP contribution in [0.5, 0.6) is 0 Å². The summed E-state index contributed by atoms with van der Waals surface area (Å²) >= 11 is 0. The third-order valence-corrected chi connectivity index (χ3v) is 4.72. The second kappa shape index (κ2) is 3.30. The maximum atomic E-state index is 12.1. The van der Waals surface area contributed by atoms with E-state index in [0.29, 0.717) is 0 Å². The zero-order chi connectivity index (χ0) is 10.2. The van der Waals surface area contributed by atoms with E-state index in [1.807, 2.05) is 30.3 Å². The zero-order valence-electron chi connectivity index (χ0n) is 7.89. The molecule has 3 heteroatoms. The Labute approximate surface area is 84.6 Å². The van der Waals surface area contributed by atoms with Crippen LogP contribution in [0.1, 0.15) is 6.42 Å². The molecule has 1 aromatic carbocycles. The average Bonchev–Trinajstić information content (AvgIpc) is 2.91. The number of hydrogen-bond donors (Lipinski definition) is 1. The van der Waals surface area contributed by atoms with E-state index in [1.54, 1.807) is 6.08 Å². The first-order valence-corrected chi connectivity index (χ1v) is 5.88. The van der Waals surface area contributed by atoms with Gasteiger partial charge in [-0.3, -0.25) is 5.73 Å². The van der Waals surface area contributed by atoms with E-state index in [1.165, 1.54) is 0 Å². The van der Waals surface area contributed by atoms with E-state index >= 15 is 0 Å². The van der Waals surface area contributed by atoms with Gasteiger partial charge in [0.2, 0.25) is 5.28 Å². The highest BCUT2D eigenvalue weighted by molar-refractivity contribution is 7.55.